The van der Waals surface area contributed by atoms with Crippen LogP contribution in [0, 0.1) is 11.7 Å². The molecule has 1 aromatic carbocycles. The first-order valence-corrected chi connectivity index (χ1v) is 7.27. The molecule has 5 heteroatoms. The normalized spacial score (nSPS) is 22.5. The first-order valence-electron chi connectivity index (χ1n) is 5.45. The minimum atomic E-state index is -2.96. The van der Waals surface area contributed by atoms with Crippen molar-refractivity contribution in [1.82, 2.24) is 0 Å². The van der Waals surface area contributed by atoms with Crippen molar-refractivity contribution in [3.8, 4) is 0 Å². The summed E-state index contributed by atoms with van der Waals surface area (Å²) in [4.78, 5) is 11.8. The molecule has 92 valence electrons. The number of carbonyl (C=O) groups excluding carboxylic acids is 1. The summed E-state index contributed by atoms with van der Waals surface area (Å²) in [7, 11) is -2.96. The third-order valence-corrected chi connectivity index (χ3v) is 4.78. The number of Topliss-reactive ketones (excluding diaryl/α,β-unsaturated/α-hetero) is 1. The van der Waals surface area contributed by atoms with E-state index in [1.165, 1.54) is 18.2 Å². The number of rotatable bonds is 3. The lowest BCUT2D eigenvalue weighted by atomic mass is 9.98. The highest BCUT2D eigenvalue weighted by atomic mass is 32.2. The summed E-state index contributed by atoms with van der Waals surface area (Å²) < 4.78 is 35.4. The van der Waals surface area contributed by atoms with Crippen LogP contribution in [0.25, 0.3) is 0 Å². The van der Waals surface area contributed by atoms with Crippen molar-refractivity contribution < 1.29 is 17.6 Å². The third kappa shape index (κ3) is 3.12. The predicted molar refractivity (Wildman–Crippen MR) is 62.1 cm³/mol. The van der Waals surface area contributed by atoms with Crippen LogP contribution >= 0.6 is 0 Å². The van der Waals surface area contributed by atoms with Gasteiger partial charge in [0.2, 0.25) is 0 Å². The SMILES string of the molecule is O=C(CC1CCS(=O)(=O)C1)c1cccc(F)c1. The van der Waals surface area contributed by atoms with Crippen LogP contribution in [0.4, 0.5) is 4.39 Å². The Morgan fingerprint density at radius 1 is 1.41 bits per heavy atom. The Bertz CT molecular complexity index is 536. The molecule has 3 nitrogen and oxygen atoms in total. The maximum absolute atomic E-state index is 12.9. The van der Waals surface area contributed by atoms with Crippen molar-refractivity contribution in [3.63, 3.8) is 0 Å². The monoisotopic (exact) mass is 256 g/mol. The second-order valence-electron chi connectivity index (χ2n) is 4.41. The molecule has 0 bridgehead atoms. The lowest BCUT2D eigenvalue weighted by Gasteiger charge is -2.06. The first kappa shape index (κ1) is 12.2. The number of hydrogen-bond donors (Lipinski definition) is 0. The standard InChI is InChI=1S/C12H13FO3S/c13-11-3-1-2-10(7-11)12(14)6-9-4-5-17(15,16)8-9/h1-3,7,9H,4-6,8H2. The van der Waals surface area contributed by atoms with Crippen LogP contribution in [0.1, 0.15) is 23.2 Å². The fourth-order valence-corrected chi connectivity index (χ4v) is 3.94. The van der Waals surface area contributed by atoms with Crippen LogP contribution in [-0.4, -0.2) is 25.7 Å². The lowest BCUT2D eigenvalue weighted by Crippen LogP contribution is -2.10. The number of halogens is 1. The van der Waals surface area contributed by atoms with Crippen LogP contribution in [0.5, 0.6) is 0 Å². The van der Waals surface area contributed by atoms with Crippen LogP contribution in [-0.2, 0) is 9.84 Å². The highest BCUT2D eigenvalue weighted by Crippen LogP contribution is 2.23. The summed E-state index contributed by atoms with van der Waals surface area (Å²) in [5.74, 6) is -0.514. The second kappa shape index (κ2) is 4.56. The zero-order valence-corrected chi connectivity index (χ0v) is 10.0. The molecular weight excluding hydrogens is 243 g/mol. The molecule has 17 heavy (non-hydrogen) atoms. The van der Waals surface area contributed by atoms with Crippen molar-refractivity contribution in [3.05, 3.63) is 35.6 Å². The van der Waals surface area contributed by atoms with Crippen molar-refractivity contribution >= 4 is 15.6 Å². The Hall–Kier alpha value is -1.23. The van der Waals surface area contributed by atoms with E-state index < -0.39 is 15.7 Å². The van der Waals surface area contributed by atoms with E-state index in [4.69, 9.17) is 0 Å². The van der Waals surface area contributed by atoms with E-state index in [9.17, 15) is 17.6 Å². The van der Waals surface area contributed by atoms with Gasteiger partial charge in [-0.15, -0.1) is 0 Å². The van der Waals surface area contributed by atoms with Crippen molar-refractivity contribution in [2.75, 3.05) is 11.5 Å². The Morgan fingerprint density at radius 3 is 2.76 bits per heavy atom. The maximum atomic E-state index is 12.9. The summed E-state index contributed by atoms with van der Waals surface area (Å²) in [5.41, 5.74) is 0.314. The highest BCUT2D eigenvalue weighted by Gasteiger charge is 2.29. The zero-order valence-electron chi connectivity index (χ0n) is 9.23. The molecule has 0 aliphatic carbocycles. The van der Waals surface area contributed by atoms with Gasteiger partial charge in [0.15, 0.2) is 15.6 Å². The van der Waals surface area contributed by atoms with Crippen LogP contribution in [0.3, 0.4) is 0 Å². The minimum absolute atomic E-state index is 0.0774. The molecule has 0 amide bonds. The summed E-state index contributed by atoms with van der Waals surface area (Å²) in [6.07, 6.45) is 0.714. The zero-order chi connectivity index (χ0) is 12.5. The van der Waals surface area contributed by atoms with Gasteiger partial charge in [-0.05, 0) is 24.5 Å². The topological polar surface area (TPSA) is 51.2 Å². The highest BCUT2D eigenvalue weighted by molar-refractivity contribution is 7.91. The number of benzene rings is 1. The van der Waals surface area contributed by atoms with Gasteiger partial charge in [0.1, 0.15) is 5.82 Å². The van der Waals surface area contributed by atoms with Gasteiger partial charge in [-0.3, -0.25) is 4.79 Å². The molecule has 1 aromatic rings. The molecule has 1 aliphatic heterocycles. The summed E-state index contributed by atoms with van der Waals surface area (Å²) in [5, 5.41) is 0. The van der Waals surface area contributed by atoms with Gasteiger partial charge in [-0.2, -0.15) is 0 Å². The first-order chi connectivity index (χ1) is 7.96. The Labute approximate surface area is 99.6 Å². The fourth-order valence-electron chi connectivity index (χ4n) is 2.07. The number of hydrogen-bond acceptors (Lipinski definition) is 3. The van der Waals surface area contributed by atoms with Crippen molar-refractivity contribution in [2.24, 2.45) is 5.92 Å². The number of carbonyl (C=O) groups is 1. The molecule has 1 unspecified atom stereocenters. The average molecular weight is 256 g/mol. The van der Waals surface area contributed by atoms with E-state index in [1.54, 1.807) is 6.07 Å². The van der Waals surface area contributed by atoms with Gasteiger partial charge in [0.05, 0.1) is 11.5 Å². The minimum Gasteiger partial charge on any atom is -0.294 e. The predicted octanol–water partition coefficient (Wildman–Crippen LogP) is 1.83. The fraction of sp³-hybridized carbons (Fsp3) is 0.417. The molecule has 1 aliphatic rings. The lowest BCUT2D eigenvalue weighted by molar-refractivity contribution is 0.0965. The third-order valence-electron chi connectivity index (χ3n) is 2.95. The molecule has 0 aromatic heterocycles. The summed E-state index contributed by atoms with van der Waals surface area (Å²) >= 11 is 0. The summed E-state index contributed by atoms with van der Waals surface area (Å²) in [6.45, 7) is 0. The van der Waals surface area contributed by atoms with E-state index in [0.717, 1.165) is 0 Å². The van der Waals surface area contributed by atoms with E-state index in [0.29, 0.717) is 12.0 Å². The van der Waals surface area contributed by atoms with Crippen molar-refractivity contribution in [1.29, 1.82) is 0 Å². The largest absolute Gasteiger partial charge is 0.294 e. The van der Waals surface area contributed by atoms with Gasteiger partial charge in [-0.25, -0.2) is 12.8 Å². The van der Waals surface area contributed by atoms with E-state index in [-0.39, 0.29) is 29.6 Å². The Kier molecular flexibility index (Phi) is 3.28. The Balaban J connectivity index is 2.03. The van der Waals surface area contributed by atoms with Crippen LogP contribution in [0.15, 0.2) is 24.3 Å². The smallest absolute Gasteiger partial charge is 0.163 e. The van der Waals surface area contributed by atoms with Gasteiger partial charge < -0.3 is 0 Å². The van der Waals surface area contributed by atoms with E-state index >= 15 is 0 Å². The maximum Gasteiger partial charge on any atom is 0.163 e. The molecule has 0 spiro atoms. The van der Waals surface area contributed by atoms with E-state index in [1.807, 2.05) is 0 Å². The molecule has 1 atom stereocenters. The molecule has 0 N–H and O–H groups in total. The van der Waals surface area contributed by atoms with Gasteiger partial charge >= 0.3 is 0 Å². The Morgan fingerprint density at radius 2 is 2.18 bits per heavy atom. The number of sulfone groups is 1. The molecule has 2 rings (SSSR count). The molecular formula is C12H13FO3S. The second-order valence-corrected chi connectivity index (χ2v) is 6.64. The number of ketones is 1. The molecule has 1 saturated heterocycles. The average Bonchev–Trinajstić information content (AvgIpc) is 2.58. The van der Waals surface area contributed by atoms with Gasteiger partial charge in [0, 0.05) is 12.0 Å². The molecule has 0 saturated carbocycles. The van der Waals surface area contributed by atoms with Gasteiger partial charge in [0.25, 0.3) is 0 Å². The molecule has 0 radical (unpaired) electrons. The van der Waals surface area contributed by atoms with Crippen LogP contribution in [0.2, 0.25) is 0 Å². The van der Waals surface area contributed by atoms with Crippen LogP contribution < -0.4 is 0 Å². The molecule has 1 heterocycles. The summed E-state index contributed by atoms with van der Waals surface area (Å²) in [6, 6.07) is 5.49. The van der Waals surface area contributed by atoms with Gasteiger partial charge in [-0.1, -0.05) is 12.1 Å². The molecule has 1 fully saturated rings. The van der Waals surface area contributed by atoms with E-state index in [2.05, 4.69) is 0 Å². The quantitative estimate of drug-likeness (QED) is 0.775. The van der Waals surface area contributed by atoms with Crippen molar-refractivity contribution in [2.45, 2.75) is 12.8 Å².